The Morgan fingerprint density at radius 1 is 1.53 bits per heavy atom. The largest absolute Gasteiger partial charge is 0.444 e. The van der Waals surface area contributed by atoms with Gasteiger partial charge in [0.1, 0.15) is 5.60 Å². The summed E-state index contributed by atoms with van der Waals surface area (Å²) in [5.41, 5.74) is -0.493. The van der Waals surface area contributed by atoms with Gasteiger partial charge in [-0.2, -0.15) is 0 Å². The zero-order chi connectivity index (χ0) is 11.7. The summed E-state index contributed by atoms with van der Waals surface area (Å²) in [6, 6.07) is 0. The molecule has 0 bridgehead atoms. The maximum Gasteiger partial charge on any atom is 0.407 e. The highest BCUT2D eigenvalue weighted by atomic mass is 32.2. The minimum absolute atomic E-state index is 0.169. The van der Waals surface area contributed by atoms with Crippen molar-refractivity contribution in [3.8, 4) is 0 Å². The molecule has 0 atom stereocenters. The summed E-state index contributed by atoms with van der Waals surface area (Å²) in [4.78, 5) is 11.2. The van der Waals surface area contributed by atoms with Crippen molar-refractivity contribution in [2.24, 2.45) is 5.92 Å². The van der Waals surface area contributed by atoms with E-state index < -0.39 is 21.4 Å². The molecular formula is C9H18N2O3S. The Morgan fingerprint density at radius 3 is 2.47 bits per heavy atom. The van der Waals surface area contributed by atoms with Crippen LogP contribution < -0.4 is 5.32 Å². The van der Waals surface area contributed by atoms with Crippen LogP contribution in [0.25, 0.3) is 0 Å². The molecule has 0 radical (unpaired) electrons. The first-order valence-electron chi connectivity index (χ1n) is 4.89. The van der Waals surface area contributed by atoms with Crippen LogP contribution in [-0.4, -0.2) is 34.0 Å². The first-order valence-corrected chi connectivity index (χ1v) is 6.79. The van der Waals surface area contributed by atoms with Crippen molar-refractivity contribution in [2.45, 2.75) is 26.4 Å². The molecule has 0 aliphatic carbocycles. The van der Waals surface area contributed by atoms with Crippen LogP contribution in [0.3, 0.4) is 0 Å². The van der Waals surface area contributed by atoms with E-state index in [2.05, 4.69) is 5.32 Å². The summed E-state index contributed by atoms with van der Waals surface area (Å²) in [6.07, 6.45) is -0.453. The molecule has 88 valence electrons. The van der Waals surface area contributed by atoms with Crippen molar-refractivity contribution in [3.63, 3.8) is 0 Å². The first kappa shape index (κ1) is 12.3. The highest BCUT2D eigenvalue weighted by Crippen LogP contribution is 2.18. The van der Waals surface area contributed by atoms with Gasteiger partial charge < -0.3 is 10.1 Å². The molecule has 1 saturated heterocycles. The van der Waals surface area contributed by atoms with Crippen molar-refractivity contribution in [3.05, 3.63) is 0 Å². The second-order valence-corrected chi connectivity index (χ2v) is 7.18. The van der Waals surface area contributed by atoms with Gasteiger partial charge in [0.15, 0.2) is 0 Å². The van der Waals surface area contributed by atoms with Gasteiger partial charge in [-0.3, -0.25) is 4.78 Å². The fourth-order valence-electron chi connectivity index (χ4n) is 1.37. The smallest absolute Gasteiger partial charge is 0.407 e. The van der Waals surface area contributed by atoms with Crippen molar-refractivity contribution < 1.29 is 13.7 Å². The molecule has 5 nitrogen and oxygen atoms in total. The number of carbonyl (C=O) groups excluding carboxylic acids is 1. The molecule has 0 aromatic heterocycles. The van der Waals surface area contributed by atoms with E-state index in [9.17, 15) is 9.00 Å². The number of hydrogen-bond donors (Lipinski definition) is 2. The van der Waals surface area contributed by atoms with Crippen LogP contribution in [0.4, 0.5) is 4.79 Å². The number of hydrogen-bond acceptors (Lipinski definition) is 4. The molecular weight excluding hydrogens is 216 g/mol. The molecule has 1 aliphatic rings. The van der Waals surface area contributed by atoms with Gasteiger partial charge in [0, 0.05) is 33.7 Å². The predicted octanol–water partition coefficient (Wildman–Crippen LogP) is 1.19. The zero-order valence-electron chi connectivity index (χ0n) is 9.33. The minimum Gasteiger partial charge on any atom is -0.444 e. The van der Waals surface area contributed by atoms with Crippen LogP contribution in [-0.2, 0) is 14.5 Å². The number of nitrogens with one attached hydrogen (secondary N) is 2. The number of alkyl carbamates (subject to hydrolysis) is 1. The quantitative estimate of drug-likeness (QED) is 0.753. The highest BCUT2D eigenvalue weighted by molar-refractivity contribution is 7.93. The molecule has 1 heterocycles. The SMILES string of the molecule is CC(C)(C)OC(=O)NCC1CS(=N)(=O)C1. The van der Waals surface area contributed by atoms with E-state index >= 15 is 0 Å². The molecule has 15 heavy (non-hydrogen) atoms. The van der Waals surface area contributed by atoms with Crippen LogP contribution in [0.15, 0.2) is 0 Å². The van der Waals surface area contributed by atoms with E-state index in [0.29, 0.717) is 18.1 Å². The summed E-state index contributed by atoms with van der Waals surface area (Å²) in [7, 11) is -2.31. The molecule has 1 rings (SSSR count). The van der Waals surface area contributed by atoms with E-state index in [4.69, 9.17) is 9.52 Å². The van der Waals surface area contributed by atoms with Crippen molar-refractivity contribution in [1.82, 2.24) is 5.32 Å². The number of rotatable bonds is 2. The van der Waals surface area contributed by atoms with E-state index in [1.165, 1.54) is 0 Å². The maximum atomic E-state index is 11.2. The molecule has 1 fully saturated rings. The monoisotopic (exact) mass is 234 g/mol. The summed E-state index contributed by atoms with van der Waals surface area (Å²) >= 11 is 0. The van der Waals surface area contributed by atoms with Crippen molar-refractivity contribution in [1.29, 1.82) is 4.78 Å². The number of carbonyl (C=O) groups is 1. The van der Waals surface area contributed by atoms with E-state index in [0.717, 1.165) is 0 Å². The van der Waals surface area contributed by atoms with Gasteiger partial charge in [0.25, 0.3) is 0 Å². The predicted molar refractivity (Wildman–Crippen MR) is 58.3 cm³/mol. The van der Waals surface area contributed by atoms with Gasteiger partial charge in [0.2, 0.25) is 0 Å². The van der Waals surface area contributed by atoms with Gasteiger partial charge in [0.05, 0.1) is 0 Å². The number of ether oxygens (including phenoxy) is 1. The molecule has 1 amide bonds. The van der Waals surface area contributed by atoms with Crippen LogP contribution in [0.1, 0.15) is 20.8 Å². The minimum atomic E-state index is -2.31. The lowest BCUT2D eigenvalue weighted by Gasteiger charge is -2.29. The fraction of sp³-hybridized carbons (Fsp3) is 0.889. The second-order valence-electron chi connectivity index (χ2n) is 4.89. The number of amides is 1. The highest BCUT2D eigenvalue weighted by Gasteiger charge is 2.30. The lowest BCUT2D eigenvalue weighted by molar-refractivity contribution is 0.0521. The third kappa shape index (κ3) is 4.51. The Morgan fingerprint density at radius 2 is 2.07 bits per heavy atom. The van der Waals surface area contributed by atoms with Crippen molar-refractivity contribution >= 4 is 15.8 Å². The molecule has 0 spiro atoms. The molecule has 1 aliphatic heterocycles. The lowest BCUT2D eigenvalue weighted by atomic mass is 10.2. The topological polar surface area (TPSA) is 79.2 Å². The van der Waals surface area contributed by atoms with Crippen LogP contribution in [0, 0.1) is 10.7 Å². The van der Waals surface area contributed by atoms with Gasteiger partial charge >= 0.3 is 6.09 Å². The Kier molecular flexibility index (Phi) is 3.28. The Hall–Kier alpha value is -0.780. The van der Waals surface area contributed by atoms with E-state index in [-0.39, 0.29) is 5.92 Å². The molecule has 0 aromatic carbocycles. The normalized spacial score (nSPS) is 30.5. The molecule has 0 aromatic rings. The van der Waals surface area contributed by atoms with Gasteiger partial charge in [-0.05, 0) is 20.8 Å². The maximum absolute atomic E-state index is 11.2. The summed E-state index contributed by atoms with van der Waals surface area (Å²) in [5.74, 6) is 0.952. The molecule has 0 unspecified atom stereocenters. The summed E-state index contributed by atoms with van der Waals surface area (Å²) in [5, 5.41) is 2.61. The van der Waals surface area contributed by atoms with Crippen LogP contribution in [0.5, 0.6) is 0 Å². The Labute approximate surface area is 90.5 Å². The van der Waals surface area contributed by atoms with E-state index in [1.807, 2.05) is 0 Å². The second kappa shape index (κ2) is 4.00. The molecule has 6 heteroatoms. The van der Waals surface area contributed by atoms with Crippen LogP contribution in [0.2, 0.25) is 0 Å². The lowest BCUT2D eigenvalue weighted by Crippen LogP contribution is -2.44. The van der Waals surface area contributed by atoms with Crippen LogP contribution >= 0.6 is 0 Å². The molecule has 0 saturated carbocycles. The first-order chi connectivity index (χ1) is 6.68. The van der Waals surface area contributed by atoms with Crippen molar-refractivity contribution in [2.75, 3.05) is 18.1 Å². The fourth-order valence-corrected chi connectivity index (χ4v) is 3.03. The van der Waals surface area contributed by atoms with Gasteiger partial charge in [-0.15, -0.1) is 0 Å². The molecule has 2 N–H and O–H groups in total. The Bertz CT molecular complexity index is 331. The summed E-state index contributed by atoms with van der Waals surface area (Å²) in [6.45, 7) is 5.84. The van der Waals surface area contributed by atoms with Gasteiger partial charge in [-0.25, -0.2) is 9.00 Å². The zero-order valence-corrected chi connectivity index (χ0v) is 10.1. The summed E-state index contributed by atoms with van der Waals surface area (Å²) < 4.78 is 23.3. The average molecular weight is 234 g/mol. The standard InChI is InChI=1S/C9H18N2O3S/c1-9(2,3)14-8(12)11-4-7-5-15(10,13)6-7/h7,10H,4-6H2,1-3H3,(H,11,12). The third-order valence-electron chi connectivity index (χ3n) is 1.94. The van der Waals surface area contributed by atoms with E-state index in [1.54, 1.807) is 20.8 Å². The Balaban J connectivity index is 2.19. The van der Waals surface area contributed by atoms with Gasteiger partial charge in [-0.1, -0.05) is 0 Å². The third-order valence-corrected chi connectivity index (χ3v) is 3.96. The average Bonchev–Trinajstić information content (AvgIpc) is 1.93.